The van der Waals surface area contributed by atoms with E-state index in [0.29, 0.717) is 16.9 Å². The van der Waals surface area contributed by atoms with E-state index < -0.39 is 5.91 Å². The van der Waals surface area contributed by atoms with Crippen LogP contribution in [0.4, 0.5) is 17.1 Å². The lowest BCUT2D eigenvalue weighted by molar-refractivity contribution is 0.100. The number of primary amides is 1. The molecule has 4 nitrogen and oxygen atoms in total. The Morgan fingerprint density at radius 2 is 1.71 bits per heavy atom. The Morgan fingerprint density at radius 3 is 2.35 bits per heavy atom. The van der Waals surface area contributed by atoms with Crippen LogP contribution in [0.3, 0.4) is 0 Å². The lowest BCUT2D eigenvalue weighted by Crippen LogP contribution is -2.14. The fourth-order valence-electron chi connectivity index (χ4n) is 1.57. The van der Waals surface area contributed by atoms with Crippen LogP contribution in [0.2, 0.25) is 0 Å². The van der Waals surface area contributed by atoms with Gasteiger partial charge in [-0.05, 0) is 24.3 Å². The summed E-state index contributed by atoms with van der Waals surface area (Å²) in [4.78, 5) is 11.1. The minimum Gasteiger partial charge on any atom is -0.396 e. The summed E-state index contributed by atoms with van der Waals surface area (Å²) < 4.78 is 0. The molecule has 0 radical (unpaired) electrons. The highest BCUT2D eigenvalue weighted by Crippen LogP contribution is 2.25. The zero-order chi connectivity index (χ0) is 12.3. The predicted octanol–water partition coefficient (Wildman–Crippen LogP) is 2.11. The molecule has 0 atom stereocenters. The van der Waals surface area contributed by atoms with Gasteiger partial charge >= 0.3 is 0 Å². The van der Waals surface area contributed by atoms with Crippen LogP contribution in [0, 0.1) is 0 Å². The topological polar surface area (TPSA) is 81.1 Å². The third-order valence-corrected chi connectivity index (χ3v) is 2.42. The van der Waals surface area contributed by atoms with Crippen molar-refractivity contribution in [1.29, 1.82) is 0 Å². The third kappa shape index (κ3) is 2.36. The van der Waals surface area contributed by atoms with E-state index in [1.807, 2.05) is 30.3 Å². The quantitative estimate of drug-likeness (QED) is 0.702. The van der Waals surface area contributed by atoms with Crippen molar-refractivity contribution in [3.63, 3.8) is 0 Å². The molecule has 0 aromatic heterocycles. The fraction of sp³-hybridized carbons (Fsp3) is 0. The molecular formula is C13H13N3O. The highest BCUT2D eigenvalue weighted by atomic mass is 16.1. The Morgan fingerprint density at radius 1 is 1.00 bits per heavy atom. The Labute approximate surface area is 99.2 Å². The molecule has 0 bridgehead atoms. The number of carbonyl (C=O) groups excluding carboxylic acids is 1. The molecule has 0 saturated heterocycles. The molecule has 0 aliphatic heterocycles. The lowest BCUT2D eigenvalue weighted by Gasteiger charge is -2.11. The molecule has 0 spiro atoms. The minimum atomic E-state index is -0.529. The number of anilines is 3. The first-order valence-corrected chi connectivity index (χ1v) is 5.19. The van der Waals surface area contributed by atoms with Gasteiger partial charge in [0.2, 0.25) is 0 Å². The molecule has 0 aliphatic carbocycles. The van der Waals surface area contributed by atoms with Crippen molar-refractivity contribution in [1.82, 2.24) is 0 Å². The number of amides is 1. The average molecular weight is 227 g/mol. The van der Waals surface area contributed by atoms with Crippen molar-refractivity contribution in [2.75, 3.05) is 11.1 Å². The van der Waals surface area contributed by atoms with Gasteiger partial charge in [0.25, 0.3) is 5.91 Å². The Kier molecular flexibility index (Phi) is 2.96. The van der Waals surface area contributed by atoms with Gasteiger partial charge in [0.15, 0.2) is 0 Å². The first kappa shape index (κ1) is 11.0. The first-order valence-electron chi connectivity index (χ1n) is 5.19. The van der Waals surface area contributed by atoms with Crippen molar-refractivity contribution < 1.29 is 4.79 Å². The number of nitrogens with two attached hydrogens (primary N) is 2. The van der Waals surface area contributed by atoms with Crippen molar-refractivity contribution >= 4 is 23.0 Å². The monoisotopic (exact) mass is 227 g/mol. The van der Waals surface area contributed by atoms with Crippen molar-refractivity contribution in [3.05, 3.63) is 54.1 Å². The maximum Gasteiger partial charge on any atom is 0.250 e. The zero-order valence-corrected chi connectivity index (χ0v) is 9.18. The smallest absolute Gasteiger partial charge is 0.250 e. The molecule has 4 heteroatoms. The second-order valence-corrected chi connectivity index (χ2v) is 3.62. The van der Waals surface area contributed by atoms with E-state index in [4.69, 9.17) is 11.5 Å². The van der Waals surface area contributed by atoms with Crippen LogP contribution in [-0.4, -0.2) is 5.91 Å². The number of benzene rings is 2. The van der Waals surface area contributed by atoms with Crippen molar-refractivity contribution in [3.8, 4) is 0 Å². The Balaban J connectivity index is 2.34. The van der Waals surface area contributed by atoms with E-state index in [0.717, 1.165) is 5.69 Å². The molecule has 0 unspecified atom stereocenters. The molecular weight excluding hydrogens is 214 g/mol. The molecule has 5 N–H and O–H groups in total. The maximum atomic E-state index is 11.1. The zero-order valence-electron chi connectivity index (χ0n) is 9.18. The summed E-state index contributed by atoms with van der Waals surface area (Å²) in [7, 11) is 0. The summed E-state index contributed by atoms with van der Waals surface area (Å²) in [5.41, 5.74) is 13.4. The van der Waals surface area contributed by atoms with E-state index in [-0.39, 0.29) is 0 Å². The van der Waals surface area contributed by atoms with Gasteiger partial charge in [0.05, 0.1) is 16.9 Å². The van der Waals surface area contributed by atoms with Crippen LogP contribution in [0.25, 0.3) is 0 Å². The summed E-state index contributed by atoms with van der Waals surface area (Å²) in [6.07, 6.45) is 0. The van der Waals surface area contributed by atoms with Crippen molar-refractivity contribution in [2.24, 2.45) is 5.73 Å². The number of nitrogens with one attached hydrogen (secondary N) is 1. The number of hydrogen-bond donors (Lipinski definition) is 3. The third-order valence-electron chi connectivity index (χ3n) is 2.42. The standard InChI is InChI=1S/C13H13N3O/c14-12-10(13(15)17)7-4-8-11(12)16-9-5-2-1-3-6-9/h1-8,16H,14H2,(H2,15,17). The lowest BCUT2D eigenvalue weighted by atomic mass is 10.1. The van der Waals surface area contributed by atoms with Crippen LogP contribution in [0.15, 0.2) is 48.5 Å². The van der Waals surface area contributed by atoms with Gasteiger partial charge in [-0.15, -0.1) is 0 Å². The highest BCUT2D eigenvalue weighted by Gasteiger charge is 2.09. The fourth-order valence-corrected chi connectivity index (χ4v) is 1.57. The second-order valence-electron chi connectivity index (χ2n) is 3.62. The minimum absolute atomic E-state index is 0.325. The van der Waals surface area contributed by atoms with Crippen LogP contribution < -0.4 is 16.8 Å². The number of rotatable bonds is 3. The van der Waals surface area contributed by atoms with Crippen LogP contribution in [0.5, 0.6) is 0 Å². The number of hydrogen-bond acceptors (Lipinski definition) is 3. The van der Waals surface area contributed by atoms with E-state index in [1.165, 1.54) is 0 Å². The van der Waals surface area contributed by atoms with Gasteiger partial charge in [-0.3, -0.25) is 4.79 Å². The molecule has 0 heterocycles. The number of nitrogen functional groups attached to an aromatic ring is 1. The predicted molar refractivity (Wildman–Crippen MR) is 69.1 cm³/mol. The molecule has 0 aliphatic rings. The largest absolute Gasteiger partial charge is 0.396 e. The van der Waals surface area contributed by atoms with Gasteiger partial charge < -0.3 is 16.8 Å². The molecule has 0 saturated carbocycles. The first-order chi connectivity index (χ1) is 8.18. The highest BCUT2D eigenvalue weighted by molar-refractivity contribution is 6.01. The van der Waals surface area contributed by atoms with E-state index in [2.05, 4.69) is 5.32 Å². The van der Waals surface area contributed by atoms with Gasteiger partial charge in [-0.25, -0.2) is 0 Å². The molecule has 2 aromatic rings. The average Bonchev–Trinajstić information content (AvgIpc) is 2.33. The molecule has 2 rings (SSSR count). The summed E-state index contributed by atoms with van der Waals surface area (Å²) in [6.45, 7) is 0. The molecule has 86 valence electrons. The Bertz CT molecular complexity index is 538. The number of carbonyl (C=O) groups is 1. The molecule has 2 aromatic carbocycles. The second kappa shape index (κ2) is 4.57. The van der Waals surface area contributed by atoms with Crippen LogP contribution in [-0.2, 0) is 0 Å². The molecule has 0 fully saturated rings. The van der Waals surface area contributed by atoms with E-state index in [9.17, 15) is 4.79 Å². The van der Waals surface area contributed by atoms with Gasteiger partial charge in [0.1, 0.15) is 0 Å². The van der Waals surface area contributed by atoms with Gasteiger partial charge in [-0.1, -0.05) is 24.3 Å². The SMILES string of the molecule is NC(=O)c1cccc(Nc2ccccc2)c1N. The maximum absolute atomic E-state index is 11.1. The number of para-hydroxylation sites is 2. The molecule has 1 amide bonds. The summed E-state index contributed by atoms with van der Waals surface area (Å²) >= 11 is 0. The summed E-state index contributed by atoms with van der Waals surface area (Å²) in [6, 6.07) is 14.7. The van der Waals surface area contributed by atoms with E-state index >= 15 is 0 Å². The normalized spacial score (nSPS) is 9.88. The Hall–Kier alpha value is -2.49. The van der Waals surface area contributed by atoms with Crippen LogP contribution >= 0.6 is 0 Å². The van der Waals surface area contributed by atoms with Gasteiger partial charge in [0, 0.05) is 5.69 Å². The van der Waals surface area contributed by atoms with Crippen molar-refractivity contribution in [2.45, 2.75) is 0 Å². The van der Waals surface area contributed by atoms with Gasteiger partial charge in [-0.2, -0.15) is 0 Å². The van der Waals surface area contributed by atoms with E-state index in [1.54, 1.807) is 18.2 Å². The summed E-state index contributed by atoms with van der Waals surface area (Å²) in [5.74, 6) is -0.529. The molecule has 17 heavy (non-hydrogen) atoms. The summed E-state index contributed by atoms with van der Waals surface area (Å²) in [5, 5.41) is 3.13. The van der Waals surface area contributed by atoms with Crippen LogP contribution in [0.1, 0.15) is 10.4 Å².